The minimum Gasteiger partial charge on any atom is -0.496 e. The van der Waals surface area contributed by atoms with Crippen LogP contribution in [-0.2, 0) is 0 Å². The first-order valence-corrected chi connectivity index (χ1v) is 6.47. The largest absolute Gasteiger partial charge is 0.496 e. The molecule has 0 saturated carbocycles. The summed E-state index contributed by atoms with van der Waals surface area (Å²) < 4.78 is 6.07. The van der Waals surface area contributed by atoms with Crippen molar-refractivity contribution in [2.24, 2.45) is 0 Å². The molecule has 0 aliphatic carbocycles. The molecule has 2 aromatic rings. The summed E-state index contributed by atoms with van der Waals surface area (Å²) in [6, 6.07) is 8.86. The molecule has 0 saturated heterocycles. The molecule has 1 heterocycles. The van der Waals surface area contributed by atoms with E-state index in [2.05, 4.69) is 26.2 Å². The summed E-state index contributed by atoms with van der Waals surface area (Å²) in [6.07, 6.45) is 1.69. The molecule has 4 nitrogen and oxygen atoms in total. The number of pyridine rings is 1. The van der Waals surface area contributed by atoms with E-state index in [4.69, 9.17) is 4.74 Å². The molecule has 2 rings (SSSR count). The quantitative estimate of drug-likeness (QED) is 0.942. The molecular formula is C14H13BrN2O2. The molecule has 0 aliphatic heterocycles. The second kappa shape index (κ2) is 5.84. The van der Waals surface area contributed by atoms with Gasteiger partial charge in [-0.05, 0) is 37.3 Å². The van der Waals surface area contributed by atoms with Gasteiger partial charge in [-0.25, -0.2) is 0 Å². The van der Waals surface area contributed by atoms with Crippen molar-refractivity contribution in [1.82, 2.24) is 4.98 Å². The third kappa shape index (κ3) is 3.12. The Morgan fingerprint density at radius 2 is 2.16 bits per heavy atom. The van der Waals surface area contributed by atoms with Crippen LogP contribution in [0.1, 0.15) is 16.1 Å². The second-order valence-electron chi connectivity index (χ2n) is 3.94. The fourth-order valence-corrected chi connectivity index (χ4v) is 2.00. The first-order valence-electron chi connectivity index (χ1n) is 5.68. The maximum atomic E-state index is 12.2. The maximum absolute atomic E-state index is 12.2. The number of aromatic nitrogens is 1. The van der Waals surface area contributed by atoms with Gasteiger partial charge in [0, 0.05) is 10.7 Å². The zero-order valence-corrected chi connectivity index (χ0v) is 12.2. The average Bonchev–Trinajstić information content (AvgIpc) is 2.41. The van der Waals surface area contributed by atoms with Gasteiger partial charge in [0.2, 0.25) is 0 Å². The number of aryl methyl sites for hydroxylation is 1. The van der Waals surface area contributed by atoms with Crippen LogP contribution in [0.15, 0.2) is 41.0 Å². The average molecular weight is 321 g/mol. The molecule has 98 valence electrons. The Morgan fingerprint density at radius 3 is 2.84 bits per heavy atom. The van der Waals surface area contributed by atoms with Crippen molar-refractivity contribution in [2.75, 3.05) is 12.4 Å². The molecule has 19 heavy (non-hydrogen) atoms. The van der Waals surface area contributed by atoms with Gasteiger partial charge in [-0.15, -0.1) is 0 Å². The van der Waals surface area contributed by atoms with E-state index in [0.29, 0.717) is 17.0 Å². The molecule has 1 amide bonds. The van der Waals surface area contributed by atoms with E-state index < -0.39 is 0 Å². The summed E-state index contributed by atoms with van der Waals surface area (Å²) >= 11 is 3.34. The van der Waals surface area contributed by atoms with Crippen LogP contribution in [0.2, 0.25) is 0 Å². The van der Waals surface area contributed by atoms with Gasteiger partial charge in [0.15, 0.2) is 0 Å². The molecule has 1 N–H and O–H groups in total. The predicted octanol–water partition coefficient (Wildman–Crippen LogP) is 3.41. The number of nitrogens with one attached hydrogen (secondary N) is 1. The van der Waals surface area contributed by atoms with Crippen LogP contribution in [0.4, 0.5) is 5.69 Å². The standard InChI is InChI=1S/C14H13BrN2O2/c1-9-12(4-3-7-16-9)17-14(18)11-6-5-10(15)8-13(11)19-2/h3-8H,1-2H3,(H,17,18). The van der Waals surface area contributed by atoms with Crippen LogP contribution in [0.5, 0.6) is 5.75 Å². The number of halogens is 1. The lowest BCUT2D eigenvalue weighted by atomic mass is 10.2. The highest BCUT2D eigenvalue weighted by Crippen LogP contribution is 2.24. The summed E-state index contributed by atoms with van der Waals surface area (Å²) in [4.78, 5) is 16.4. The topological polar surface area (TPSA) is 51.2 Å². The number of hydrogen-bond donors (Lipinski definition) is 1. The Kier molecular flexibility index (Phi) is 4.16. The molecule has 5 heteroatoms. The van der Waals surface area contributed by atoms with Gasteiger partial charge in [0.1, 0.15) is 5.75 Å². The Bertz CT molecular complexity index is 614. The molecule has 0 unspecified atom stereocenters. The van der Waals surface area contributed by atoms with Gasteiger partial charge in [-0.3, -0.25) is 9.78 Å². The van der Waals surface area contributed by atoms with Gasteiger partial charge in [0.05, 0.1) is 24.1 Å². The maximum Gasteiger partial charge on any atom is 0.259 e. The SMILES string of the molecule is COc1cc(Br)ccc1C(=O)Nc1cccnc1C. The number of methoxy groups -OCH3 is 1. The number of anilines is 1. The van der Waals surface area contributed by atoms with E-state index in [0.717, 1.165) is 10.2 Å². The molecule has 1 aromatic carbocycles. The Balaban J connectivity index is 2.28. The smallest absolute Gasteiger partial charge is 0.259 e. The number of ether oxygens (including phenoxy) is 1. The molecule has 0 aliphatic rings. The van der Waals surface area contributed by atoms with Crippen LogP contribution >= 0.6 is 15.9 Å². The third-order valence-electron chi connectivity index (χ3n) is 2.66. The lowest BCUT2D eigenvalue weighted by Gasteiger charge is -2.10. The van der Waals surface area contributed by atoms with Crippen LogP contribution in [0.25, 0.3) is 0 Å². The van der Waals surface area contributed by atoms with E-state index >= 15 is 0 Å². The Hall–Kier alpha value is -1.88. The molecule has 0 fully saturated rings. The molecule has 0 atom stereocenters. The van der Waals surface area contributed by atoms with Crippen molar-refractivity contribution in [3.05, 3.63) is 52.3 Å². The van der Waals surface area contributed by atoms with Crippen LogP contribution in [0.3, 0.4) is 0 Å². The fraction of sp³-hybridized carbons (Fsp3) is 0.143. The molecule has 1 aromatic heterocycles. The first-order chi connectivity index (χ1) is 9.11. The van der Waals surface area contributed by atoms with E-state index in [1.165, 1.54) is 7.11 Å². The van der Waals surface area contributed by atoms with E-state index in [9.17, 15) is 4.79 Å². The van der Waals surface area contributed by atoms with Crippen molar-refractivity contribution in [3.8, 4) is 5.75 Å². The van der Waals surface area contributed by atoms with Gasteiger partial charge < -0.3 is 10.1 Å². The van der Waals surface area contributed by atoms with Gasteiger partial charge in [0.25, 0.3) is 5.91 Å². The second-order valence-corrected chi connectivity index (χ2v) is 4.85. The number of nitrogens with zero attached hydrogens (tertiary/aromatic N) is 1. The summed E-state index contributed by atoms with van der Waals surface area (Å²) in [5.41, 5.74) is 1.94. The molecule has 0 spiro atoms. The third-order valence-corrected chi connectivity index (χ3v) is 3.16. The summed E-state index contributed by atoms with van der Waals surface area (Å²) in [5.74, 6) is 0.300. The Morgan fingerprint density at radius 1 is 1.37 bits per heavy atom. The monoisotopic (exact) mass is 320 g/mol. The number of hydrogen-bond acceptors (Lipinski definition) is 3. The predicted molar refractivity (Wildman–Crippen MR) is 77.6 cm³/mol. The van der Waals surface area contributed by atoms with Crippen molar-refractivity contribution >= 4 is 27.5 Å². The van der Waals surface area contributed by atoms with Crippen molar-refractivity contribution in [3.63, 3.8) is 0 Å². The molecule has 0 radical (unpaired) electrons. The lowest BCUT2D eigenvalue weighted by Crippen LogP contribution is -2.14. The van der Waals surface area contributed by atoms with E-state index in [1.807, 2.05) is 13.0 Å². The van der Waals surface area contributed by atoms with Crippen molar-refractivity contribution in [2.45, 2.75) is 6.92 Å². The van der Waals surface area contributed by atoms with Gasteiger partial charge in [-0.1, -0.05) is 15.9 Å². The van der Waals surface area contributed by atoms with Crippen LogP contribution in [-0.4, -0.2) is 18.0 Å². The lowest BCUT2D eigenvalue weighted by molar-refractivity contribution is 0.102. The van der Waals surface area contributed by atoms with Crippen LogP contribution < -0.4 is 10.1 Å². The number of rotatable bonds is 3. The Labute approximate surface area is 119 Å². The number of carbonyl (C=O) groups is 1. The number of amides is 1. The summed E-state index contributed by atoms with van der Waals surface area (Å²) in [5, 5.41) is 2.82. The number of carbonyl (C=O) groups excluding carboxylic acids is 1. The zero-order valence-electron chi connectivity index (χ0n) is 10.6. The van der Waals surface area contributed by atoms with Crippen molar-refractivity contribution in [1.29, 1.82) is 0 Å². The summed E-state index contributed by atoms with van der Waals surface area (Å²) in [7, 11) is 1.54. The van der Waals surface area contributed by atoms with E-state index in [1.54, 1.807) is 30.5 Å². The van der Waals surface area contributed by atoms with Gasteiger partial charge in [-0.2, -0.15) is 0 Å². The van der Waals surface area contributed by atoms with Crippen molar-refractivity contribution < 1.29 is 9.53 Å². The highest BCUT2D eigenvalue weighted by atomic mass is 79.9. The first kappa shape index (κ1) is 13.5. The molecule has 0 bridgehead atoms. The fourth-order valence-electron chi connectivity index (χ4n) is 1.66. The zero-order chi connectivity index (χ0) is 13.8. The molecular weight excluding hydrogens is 308 g/mol. The minimum atomic E-state index is -0.222. The van der Waals surface area contributed by atoms with Crippen LogP contribution in [0, 0.1) is 6.92 Å². The normalized spacial score (nSPS) is 10.1. The van der Waals surface area contributed by atoms with Gasteiger partial charge >= 0.3 is 0 Å². The minimum absolute atomic E-state index is 0.222. The highest BCUT2D eigenvalue weighted by Gasteiger charge is 2.13. The number of benzene rings is 1. The highest BCUT2D eigenvalue weighted by molar-refractivity contribution is 9.10. The summed E-state index contributed by atoms with van der Waals surface area (Å²) in [6.45, 7) is 1.84. The van der Waals surface area contributed by atoms with E-state index in [-0.39, 0.29) is 5.91 Å².